The SMILES string of the molecule is CC(=O)O.CC(=O)c1ccc(-c2nc3ccc(C4(c5ccccc5)CC4)nc3s2)c(F)c1. The molecule has 0 saturated heterocycles. The van der Waals surface area contributed by atoms with Gasteiger partial charge in [0.2, 0.25) is 0 Å². The molecule has 1 saturated carbocycles. The van der Waals surface area contributed by atoms with Gasteiger partial charge in [0.15, 0.2) is 5.78 Å². The minimum atomic E-state index is -0.833. The molecule has 1 aliphatic rings. The van der Waals surface area contributed by atoms with Crippen molar-refractivity contribution >= 4 is 33.4 Å². The molecule has 5 rings (SSSR count). The summed E-state index contributed by atoms with van der Waals surface area (Å²) in [6, 6.07) is 19.0. The molecule has 0 spiro atoms. The van der Waals surface area contributed by atoms with E-state index >= 15 is 0 Å². The number of aromatic nitrogens is 2. The molecule has 162 valence electrons. The Kier molecular flexibility index (Phi) is 5.84. The van der Waals surface area contributed by atoms with Crippen molar-refractivity contribution in [1.29, 1.82) is 0 Å². The van der Waals surface area contributed by atoms with Crippen LogP contribution in [0.2, 0.25) is 0 Å². The fraction of sp³-hybridized carbons (Fsp3) is 0.200. The molecule has 0 unspecified atom stereocenters. The molecule has 2 aromatic carbocycles. The van der Waals surface area contributed by atoms with Crippen molar-refractivity contribution in [1.82, 2.24) is 9.97 Å². The van der Waals surface area contributed by atoms with E-state index in [4.69, 9.17) is 14.9 Å². The summed E-state index contributed by atoms with van der Waals surface area (Å²) < 4.78 is 14.5. The number of pyridine rings is 1. The standard InChI is InChI=1S/C23H17FN2OS.C2H4O2/c1-14(27)15-7-8-17(18(24)13-15)21-25-19-9-10-20(26-22(19)28-21)23(11-12-23)16-5-3-2-4-6-16;1-2(3)4/h2-10,13H,11-12H2,1H3;1H3,(H,3,4). The first-order chi connectivity index (χ1) is 15.3. The number of aliphatic carboxylic acids is 1. The van der Waals surface area contributed by atoms with E-state index in [1.165, 1.54) is 29.9 Å². The van der Waals surface area contributed by atoms with Crippen LogP contribution in [0.4, 0.5) is 4.39 Å². The van der Waals surface area contributed by atoms with Crippen molar-refractivity contribution in [3.8, 4) is 10.6 Å². The smallest absolute Gasteiger partial charge is 0.300 e. The highest BCUT2D eigenvalue weighted by Gasteiger charge is 2.47. The zero-order valence-corrected chi connectivity index (χ0v) is 18.4. The third-order valence-electron chi connectivity index (χ3n) is 5.43. The lowest BCUT2D eigenvalue weighted by molar-refractivity contribution is -0.134. The van der Waals surface area contributed by atoms with Crippen LogP contribution in [-0.2, 0) is 10.2 Å². The van der Waals surface area contributed by atoms with Crippen LogP contribution in [-0.4, -0.2) is 26.8 Å². The first-order valence-electron chi connectivity index (χ1n) is 10.1. The zero-order chi connectivity index (χ0) is 22.9. The van der Waals surface area contributed by atoms with Gasteiger partial charge < -0.3 is 5.11 Å². The van der Waals surface area contributed by atoms with E-state index in [0.717, 1.165) is 35.8 Å². The summed E-state index contributed by atoms with van der Waals surface area (Å²) in [5, 5.41) is 8.00. The number of carboxylic acid groups (broad SMARTS) is 1. The molecule has 32 heavy (non-hydrogen) atoms. The number of Topliss-reactive ketones (excluding diaryl/α,β-unsaturated/α-hetero) is 1. The van der Waals surface area contributed by atoms with Crippen LogP contribution in [0.25, 0.3) is 20.9 Å². The number of nitrogens with zero attached hydrogens (tertiary/aromatic N) is 2. The van der Waals surface area contributed by atoms with Gasteiger partial charge >= 0.3 is 0 Å². The lowest BCUT2D eigenvalue weighted by atomic mass is 9.92. The maximum Gasteiger partial charge on any atom is 0.300 e. The molecule has 5 nitrogen and oxygen atoms in total. The van der Waals surface area contributed by atoms with Gasteiger partial charge in [-0.15, -0.1) is 0 Å². The molecule has 0 bridgehead atoms. The van der Waals surface area contributed by atoms with Gasteiger partial charge in [0, 0.05) is 23.5 Å². The van der Waals surface area contributed by atoms with Gasteiger partial charge in [-0.1, -0.05) is 47.7 Å². The average Bonchev–Trinajstić information content (AvgIpc) is 3.47. The van der Waals surface area contributed by atoms with E-state index in [1.54, 1.807) is 12.1 Å². The Hall–Kier alpha value is -3.45. The third kappa shape index (κ3) is 4.29. The lowest BCUT2D eigenvalue weighted by Crippen LogP contribution is -2.10. The lowest BCUT2D eigenvalue weighted by Gasteiger charge is -2.14. The van der Waals surface area contributed by atoms with Crippen LogP contribution in [0.5, 0.6) is 0 Å². The molecule has 1 N–H and O–H groups in total. The van der Waals surface area contributed by atoms with E-state index < -0.39 is 11.8 Å². The van der Waals surface area contributed by atoms with Crippen LogP contribution in [0, 0.1) is 5.82 Å². The normalized spacial score (nSPS) is 13.8. The summed E-state index contributed by atoms with van der Waals surface area (Å²) >= 11 is 1.38. The maximum absolute atomic E-state index is 14.5. The van der Waals surface area contributed by atoms with Crippen LogP contribution >= 0.6 is 11.3 Å². The fourth-order valence-corrected chi connectivity index (χ4v) is 4.65. The van der Waals surface area contributed by atoms with Crippen molar-refractivity contribution in [2.24, 2.45) is 0 Å². The highest BCUT2D eigenvalue weighted by Crippen LogP contribution is 2.53. The minimum absolute atomic E-state index is 0.00596. The van der Waals surface area contributed by atoms with Gasteiger partial charge in [0.1, 0.15) is 21.2 Å². The van der Waals surface area contributed by atoms with E-state index in [-0.39, 0.29) is 11.2 Å². The first kappa shape index (κ1) is 21.8. The number of carbonyl (C=O) groups excluding carboxylic acids is 1. The molecule has 4 aromatic rings. The number of fused-ring (bicyclic) bond motifs is 1. The highest BCUT2D eigenvalue weighted by molar-refractivity contribution is 7.21. The van der Waals surface area contributed by atoms with Gasteiger partial charge in [-0.2, -0.15) is 0 Å². The molecule has 1 aliphatic carbocycles. The Morgan fingerprint density at radius 2 is 1.69 bits per heavy atom. The molecule has 0 radical (unpaired) electrons. The monoisotopic (exact) mass is 448 g/mol. The van der Waals surface area contributed by atoms with Crippen LogP contribution in [0.15, 0.2) is 60.7 Å². The van der Waals surface area contributed by atoms with Gasteiger partial charge in [-0.25, -0.2) is 14.4 Å². The number of hydrogen-bond acceptors (Lipinski definition) is 5. The van der Waals surface area contributed by atoms with E-state index in [2.05, 4.69) is 29.2 Å². The van der Waals surface area contributed by atoms with Gasteiger partial charge in [-0.05, 0) is 49.6 Å². The second kappa shape index (κ2) is 8.59. The van der Waals surface area contributed by atoms with Crippen molar-refractivity contribution in [3.63, 3.8) is 0 Å². The Bertz CT molecular complexity index is 1310. The van der Waals surface area contributed by atoms with Gasteiger partial charge in [0.25, 0.3) is 5.97 Å². The molecule has 2 heterocycles. The van der Waals surface area contributed by atoms with Crippen molar-refractivity contribution < 1.29 is 19.1 Å². The molecule has 2 aromatic heterocycles. The summed E-state index contributed by atoms with van der Waals surface area (Å²) in [6.45, 7) is 2.51. The summed E-state index contributed by atoms with van der Waals surface area (Å²) in [5.74, 6) is -1.42. The number of hydrogen-bond donors (Lipinski definition) is 1. The Balaban J connectivity index is 0.000000567. The van der Waals surface area contributed by atoms with E-state index in [1.807, 2.05) is 18.2 Å². The molecular weight excluding hydrogens is 427 g/mol. The average molecular weight is 449 g/mol. The van der Waals surface area contributed by atoms with E-state index in [9.17, 15) is 9.18 Å². The Morgan fingerprint density at radius 3 is 2.28 bits per heavy atom. The van der Waals surface area contributed by atoms with Crippen molar-refractivity contribution in [2.75, 3.05) is 0 Å². The fourth-order valence-electron chi connectivity index (χ4n) is 3.68. The summed E-state index contributed by atoms with van der Waals surface area (Å²) in [5.41, 5.74) is 3.86. The predicted molar refractivity (Wildman–Crippen MR) is 123 cm³/mol. The molecular formula is C25H21FN2O3S. The number of benzene rings is 2. The minimum Gasteiger partial charge on any atom is -0.481 e. The van der Waals surface area contributed by atoms with Crippen LogP contribution in [0.1, 0.15) is 48.3 Å². The van der Waals surface area contributed by atoms with Gasteiger partial charge in [-0.3, -0.25) is 9.59 Å². The van der Waals surface area contributed by atoms with E-state index in [0.29, 0.717) is 16.1 Å². The molecule has 7 heteroatoms. The number of carbonyl (C=O) groups is 2. The quantitative estimate of drug-likeness (QED) is 0.395. The number of halogens is 1. The number of rotatable bonds is 4. The van der Waals surface area contributed by atoms with Crippen LogP contribution < -0.4 is 0 Å². The summed E-state index contributed by atoms with van der Waals surface area (Å²) in [7, 11) is 0. The molecule has 0 atom stereocenters. The molecule has 0 amide bonds. The molecule has 1 fully saturated rings. The number of thiazole rings is 1. The predicted octanol–water partition coefficient (Wildman–Crippen LogP) is 5.87. The van der Waals surface area contributed by atoms with Crippen LogP contribution in [0.3, 0.4) is 0 Å². The first-order valence-corrected chi connectivity index (χ1v) is 11.0. The number of carboxylic acids is 1. The maximum atomic E-state index is 14.5. The van der Waals surface area contributed by atoms with Crippen molar-refractivity contribution in [3.05, 3.63) is 83.3 Å². The topological polar surface area (TPSA) is 80.1 Å². The Labute approximate surface area is 188 Å². The molecule has 0 aliphatic heterocycles. The Morgan fingerprint density at radius 1 is 1.00 bits per heavy atom. The summed E-state index contributed by atoms with van der Waals surface area (Å²) in [6.07, 6.45) is 2.17. The van der Waals surface area contributed by atoms with Crippen molar-refractivity contribution in [2.45, 2.75) is 32.1 Å². The second-order valence-electron chi connectivity index (χ2n) is 7.76. The largest absolute Gasteiger partial charge is 0.481 e. The second-order valence-corrected chi connectivity index (χ2v) is 8.74. The number of ketones is 1. The summed E-state index contributed by atoms with van der Waals surface area (Å²) in [4.78, 5) is 30.7. The zero-order valence-electron chi connectivity index (χ0n) is 17.6. The third-order valence-corrected chi connectivity index (χ3v) is 6.43. The van der Waals surface area contributed by atoms with Gasteiger partial charge in [0.05, 0.1) is 5.69 Å². The highest BCUT2D eigenvalue weighted by atomic mass is 32.1.